The number of rotatable bonds is 5. The van der Waals surface area contributed by atoms with Gasteiger partial charge in [0, 0.05) is 36.5 Å². The van der Waals surface area contributed by atoms with Gasteiger partial charge in [-0.3, -0.25) is 9.59 Å². The minimum atomic E-state index is -0.214. The first kappa shape index (κ1) is 19.2. The number of hydrogen-bond donors (Lipinski definition) is 1. The van der Waals surface area contributed by atoms with Crippen LogP contribution in [-0.2, 0) is 4.79 Å². The topological polar surface area (TPSA) is 58.6 Å². The monoisotopic (exact) mass is 374 g/mol. The third kappa shape index (κ3) is 4.04. The first-order valence-electron chi connectivity index (χ1n) is 8.89. The molecule has 0 spiro atoms. The van der Waals surface area contributed by atoms with Crippen molar-refractivity contribution in [1.82, 2.24) is 0 Å². The molecule has 0 saturated heterocycles. The van der Waals surface area contributed by atoms with Crippen molar-refractivity contribution in [1.29, 1.82) is 0 Å². The Morgan fingerprint density at radius 2 is 1.46 bits per heavy atom. The maximum atomic E-state index is 12.9. The van der Waals surface area contributed by atoms with Crippen LogP contribution >= 0.6 is 0 Å². The fourth-order valence-electron chi connectivity index (χ4n) is 2.93. The van der Waals surface area contributed by atoms with Gasteiger partial charge in [0.05, 0.1) is 7.11 Å². The van der Waals surface area contributed by atoms with Gasteiger partial charge in [-0.15, -0.1) is 0 Å². The molecule has 0 saturated carbocycles. The van der Waals surface area contributed by atoms with Crippen LogP contribution in [-0.4, -0.2) is 26.0 Å². The Labute approximate surface area is 164 Å². The molecule has 142 valence electrons. The summed E-state index contributed by atoms with van der Waals surface area (Å²) in [6, 6.07) is 22.2. The standard InChI is InChI=1S/C23H22N2O3/c1-16(26)25(2)18-14-12-17(13-15-18)24-23(27)21-10-5-4-8-19(21)20-9-6-7-11-22(20)28-3/h4-15H,1-3H3,(H,24,27). The Morgan fingerprint density at radius 3 is 2.11 bits per heavy atom. The SMILES string of the molecule is COc1ccccc1-c1ccccc1C(=O)Nc1ccc(N(C)C(C)=O)cc1. The number of hydrogen-bond acceptors (Lipinski definition) is 3. The summed E-state index contributed by atoms with van der Waals surface area (Å²) < 4.78 is 5.44. The van der Waals surface area contributed by atoms with Crippen LogP contribution in [0, 0.1) is 0 Å². The largest absolute Gasteiger partial charge is 0.496 e. The Balaban J connectivity index is 1.87. The highest BCUT2D eigenvalue weighted by atomic mass is 16.5. The number of carbonyl (C=O) groups is 2. The normalized spacial score (nSPS) is 10.2. The Kier molecular flexibility index (Phi) is 5.75. The molecule has 0 fully saturated rings. The predicted molar refractivity (Wildman–Crippen MR) is 112 cm³/mol. The molecular formula is C23H22N2O3. The molecule has 0 atom stereocenters. The van der Waals surface area contributed by atoms with E-state index >= 15 is 0 Å². The number of methoxy groups -OCH3 is 1. The van der Waals surface area contributed by atoms with E-state index in [1.165, 1.54) is 6.92 Å². The van der Waals surface area contributed by atoms with Gasteiger partial charge in [-0.25, -0.2) is 0 Å². The molecule has 0 aliphatic heterocycles. The molecule has 0 heterocycles. The third-order valence-corrected chi connectivity index (χ3v) is 4.55. The van der Waals surface area contributed by atoms with Gasteiger partial charge >= 0.3 is 0 Å². The zero-order chi connectivity index (χ0) is 20.1. The molecule has 2 amide bonds. The second-order valence-corrected chi connectivity index (χ2v) is 6.32. The van der Waals surface area contributed by atoms with Crippen LogP contribution in [0.15, 0.2) is 72.8 Å². The molecule has 0 aromatic heterocycles. The van der Waals surface area contributed by atoms with Gasteiger partial charge in [0.1, 0.15) is 5.75 Å². The summed E-state index contributed by atoms with van der Waals surface area (Å²) in [5.41, 5.74) is 3.62. The number of anilines is 2. The summed E-state index contributed by atoms with van der Waals surface area (Å²) in [5.74, 6) is 0.441. The third-order valence-electron chi connectivity index (χ3n) is 4.55. The number of carbonyl (C=O) groups excluding carboxylic acids is 2. The highest BCUT2D eigenvalue weighted by Crippen LogP contribution is 2.32. The second kappa shape index (κ2) is 8.39. The molecule has 0 aliphatic carbocycles. The molecule has 28 heavy (non-hydrogen) atoms. The maximum Gasteiger partial charge on any atom is 0.256 e. The van der Waals surface area contributed by atoms with Crippen molar-refractivity contribution >= 4 is 23.2 Å². The van der Waals surface area contributed by atoms with Gasteiger partial charge in [-0.05, 0) is 42.0 Å². The van der Waals surface area contributed by atoms with Crippen LogP contribution in [0.1, 0.15) is 17.3 Å². The quantitative estimate of drug-likeness (QED) is 0.710. The van der Waals surface area contributed by atoms with Gasteiger partial charge in [-0.1, -0.05) is 36.4 Å². The minimum Gasteiger partial charge on any atom is -0.496 e. The Hall–Kier alpha value is -3.60. The van der Waals surface area contributed by atoms with E-state index in [1.807, 2.05) is 42.5 Å². The molecule has 3 aromatic carbocycles. The van der Waals surface area contributed by atoms with Crippen LogP contribution in [0.4, 0.5) is 11.4 Å². The van der Waals surface area contributed by atoms with Crippen molar-refractivity contribution in [3.8, 4) is 16.9 Å². The van der Waals surface area contributed by atoms with E-state index in [2.05, 4.69) is 5.32 Å². The average molecular weight is 374 g/mol. The highest BCUT2D eigenvalue weighted by Gasteiger charge is 2.15. The number of para-hydroxylation sites is 1. The Bertz CT molecular complexity index is 997. The summed E-state index contributed by atoms with van der Waals surface area (Å²) in [6.45, 7) is 1.50. The molecule has 0 bridgehead atoms. The number of nitrogens with one attached hydrogen (secondary N) is 1. The predicted octanol–water partition coefficient (Wildman–Crippen LogP) is 4.60. The molecule has 3 aromatic rings. The van der Waals surface area contributed by atoms with Gasteiger partial charge in [0.2, 0.25) is 5.91 Å². The van der Waals surface area contributed by atoms with E-state index in [0.29, 0.717) is 17.0 Å². The summed E-state index contributed by atoms with van der Waals surface area (Å²) in [6.07, 6.45) is 0. The summed E-state index contributed by atoms with van der Waals surface area (Å²) in [7, 11) is 3.32. The lowest BCUT2D eigenvalue weighted by Gasteiger charge is -2.16. The molecule has 0 unspecified atom stereocenters. The fraction of sp³-hybridized carbons (Fsp3) is 0.130. The average Bonchev–Trinajstić information content (AvgIpc) is 2.73. The van der Waals surface area contributed by atoms with E-state index in [9.17, 15) is 9.59 Å². The lowest BCUT2D eigenvalue weighted by molar-refractivity contribution is -0.116. The second-order valence-electron chi connectivity index (χ2n) is 6.32. The van der Waals surface area contributed by atoms with Crippen molar-refractivity contribution in [2.24, 2.45) is 0 Å². The van der Waals surface area contributed by atoms with Crippen LogP contribution in [0.5, 0.6) is 5.75 Å². The first-order valence-corrected chi connectivity index (χ1v) is 8.89. The fourth-order valence-corrected chi connectivity index (χ4v) is 2.93. The lowest BCUT2D eigenvalue weighted by atomic mass is 9.98. The van der Waals surface area contributed by atoms with Gasteiger partial charge in [-0.2, -0.15) is 0 Å². The highest BCUT2D eigenvalue weighted by molar-refractivity contribution is 6.09. The van der Waals surface area contributed by atoms with E-state index < -0.39 is 0 Å². The van der Waals surface area contributed by atoms with Crippen molar-refractivity contribution in [3.05, 3.63) is 78.4 Å². The first-order chi connectivity index (χ1) is 13.5. The van der Waals surface area contributed by atoms with Crippen molar-refractivity contribution < 1.29 is 14.3 Å². The van der Waals surface area contributed by atoms with Crippen molar-refractivity contribution in [2.75, 3.05) is 24.4 Å². The van der Waals surface area contributed by atoms with Gasteiger partial charge in [0.15, 0.2) is 0 Å². The smallest absolute Gasteiger partial charge is 0.256 e. The number of nitrogens with zero attached hydrogens (tertiary/aromatic N) is 1. The van der Waals surface area contributed by atoms with Crippen molar-refractivity contribution in [2.45, 2.75) is 6.92 Å². The minimum absolute atomic E-state index is 0.0532. The summed E-state index contributed by atoms with van der Waals surface area (Å²) >= 11 is 0. The Morgan fingerprint density at radius 1 is 0.857 bits per heavy atom. The molecule has 0 aliphatic rings. The lowest BCUT2D eigenvalue weighted by Crippen LogP contribution is -2.22. The van der Waals surface area contributed by atoms with E-state index in [4.69, 9.17) is 4.74 Å². The van der Waals surface area contributed by atoms with Gasteiger partial charge < -0.3 is 15.0 Å². The van der Waals surface area contributed by atoms with E-state index in [-0.39, 0.29) is 11.8 Å². The number of ether oxygens (including phenoxy) is 1. The van der Waals surface area contributed by atoms with Crippen LogP contribution in [0.3, 0.4) is 0 Å². The van der Waals surface area contributed by atoms with Crippen LogP contribution in [0.2, 0.25) is 0 Å². The molecule has 5 heteroatoms. The summed E-state index contributed by atoms with van der Waals surface area (Å²) in [5, 5.41) is 2.92. The maximum absolute atomic E-state index is 12.9. The van der Waals surface area contributed by atoms with Gasteiger partial charge in [0.25, 0.3) is 5.91 Å². The van der Waals surface area contributed by atoms with E-state index in [1.54, 1.807) is 49.4 Å². The molecule has 0 radical (unpaired) electrons. The number of benzene rings is 3. The van der Waals surface area contributed by atoms with E-state index in [0.717, 1.165) is 16.8 Å². The zero-order valence-corrected chi connectivity index (χ0v) is 16.1. The molecular weight excluding hydrogens is 352 g/mol. The molecule has 1 N–H and O–H groups in total. The van der Waals surface area contributed by atoms with Crippen LogP contribution in [0.25, 0.3) is 11.1 Å². The number of amides is 2. The van der Waals surface area contributed by atoms with Crippen molar-refractivity contribution in [3.63, 3.8) is 0 Å². The molecule has 3 rings (SSSR count). The zero-order valence-electron chi connectivity index (χ0n) is 16.1. The summed E-state index contributed by atoms with van der Waals surface area (Å²) in [4.78, 5) is 25.9. The molecule has 5 nitrogen and oxygen atoms in total. The van der Waals surface area contributed by atoms with Crippen LogP contribution < -0.4 is 15.0 Å².